The minimum Gasteiger partial charge on any atom is -0.337 e. The number of fused-ring (bicyclic) bond motifs is 1. The number of amides is 1. The molecule has 31 heavy (non-hydrogen) atoms. The van der Waals surface area contributed by atoms with Gasteiger partial charge in [0.2, 0.25) is 0 Å². The number of hydrogen-bond donors (Lipinski definition) is 0. The first-order valence-corrected chi connectivity index (χ1v) is 11.7. The predicted molar refractivity (Wildman–Crippen MR) is 133 cm³/mol. The summed E-state index contributed by atoms with van der Waals surface area (Å²) in [5.41, 5.74) is 3.76. The van der Waals surface area contributed by atoms with Gasteiger partial charge < -0.3 is 4.90 Å². The lowest BCUT2D eigenvalue weighted by atomic mass is 10.2. The Labute approximate surface area is 194 Å². The SMILES string of the molecule is Cc1ccc(N2C(=O)C(=C3Sc4ccc(Cl)cc4N3C)SC2=Nc2ccccc2)cc1. The standard InChI is InChI=1S/C24H18ClN3OS2/c1-15-8-11-18(12-9-15)28-22(29)21(31-24(28)26-17-6-4-3-5-7-17)23-27(2)19-14-16(25)10-13-20(19)30-23/h3-14H,1-2H3. The highest BCUT2D eigenvalue weighted by atomic mass is 35.5. The van der Waals surface area contributed by atoms with Crippen LogP contribution in [0.4, 0.5) is 17.1 Å². The molecule has 0 radical (unpaired) electrons. The summed E-state index contributed by atoms with van der Waals surface area (Å²) in [6.07, 6.45) is 0. The van der Waals surface area contributed by atoms with Crippen molar-refractivity contribution in [2.24, 2.45) is 4.99 Å². The molecule has 0 aliphatic carbocycles. The lowest BCUT2D eigenvalue weighted by Crippen LogP contribution is -2.29. The van der Waals surface area contributed by atoms with Crippen molar-refractivity contribution in [3.05, 3.63) is 93.3 Å². The molecular formula is C24H18ClN3OS2. The van der Waals surface area contributed by atoms with Gasteiger partial charge in [0, 0.05) is 17.0 Å². The van der Waals surface area contributed by atoms with Crippen molar-refractivity contribution in [2.75, 3.05) is 16.8 Å². The third kappa shape index (κ3) is 3.76. The Morgan fingerprint density at radius 1 is 0.935 bits per heavy atom. The van der Waals surface area contributed by atoms with E-state index >= 15 is 0 Å². The van der Waals surface area contributed by atoms with Gasteiger partial charge in [-0.05, 0) is 61.2 Å². The number of aryl methyl sites for hydroxylation is 1. The van der Waals surface area contributed by atoms with Crippen molar-refractivity contribution in [1.82, 2.24) is 0 Å². The quantitative estimate of drug-likeness (QED) is 0.390. The molecule has 1 saturated heterocycles. The fourth-order valence-electron chi connectivity index (χ4n) is 3.43. The summed E-state index contributed by atoms with van der Waals surface area (Å²) in [6, 6.07) is 23.4. The van der Waals surface area contributed by atoms with Gasteiger partial charge in [-0.25, -0.2) is 4.99 Å². The molecule has 0 atom stereocenters. The maximum absolute atomic E-state index is 13.6. The van der Waals surface area contributed by atoms with E-state index in [-0.39, 0.29) is 5.91 Å². The van der Waals surface area contributed by atoms with Crippen LogP contribution in [0, 0.1) is 6.92 Å². The first-order chi connectivity index (χ1) is 15.0. The number of nitrogens with zero attached hydrogens (tertiary/aromatic N) is 3. The number of anilines is 2. The van der Waals surface area contributed by atoms with Crippen molar-refractivity contribution in [1.29, 1.82) is 0 Å². The number of thioether (sulfide) groups is 2. The zero-order valence-electron chi connectivity index (χ0n) is 16.9. The lowest BCUT2D eigenvalue weighted by molar-refractivity contribution is -0.113. The van der Waals surface area contributed by atoms with Crippen LogP contribution >= 0.6 is 35.1 Å². The summed E-state index contributed by atoms with van der Waals surface area (Å²) in [4.78, 5) is 23.9. The number of amidine groups is 1. The van der Waals surface area contributed by atoms with Crippen LogP contribution < -0.4 is 9.80 Å². The van der Waals surface area contributed by atoms with E-state index < -0.39 is 0 Å². The number of para-hydroxylation sites is 1. The van der Waals surface area contributed by atoms with E-state index in [0.717, 1.165) is 32.6 Å². The zero-order chi connectivity index (χ0) is 21.5. The van der Waals surface area contributed by atoms with Gasteiger partial charge in [-0.3, -0.25) is 9.69 Å². The van der Waals surface area contributed by atoms with Gasteiger partial charge in [0.05, 0.1) is 22.1 Å². The van der Waals surface area contributed by atoms with Crippen molar-refractivity contribution in [3.8, 4) is 0 Å². The molecule has 0 N–H and O–H groups in total. The van der Waals surface area contributed by atoms with Gasteiger partial charge in [-0.15, -0.1) is 0 Å². The van der Waals surface area contributed by atoms with Gasteiger partial charge in [0.25, 0.3) is 5.91 Å². The Bertz CT molecular complexity index is 1240. The topological polar surface area (TPSA) is 35.9 Å². The molecule has 2 aliphatic rings. The van der Waals surface area contributed by atoms with E-state index in [0.29, 0.717) is 15.1 Å². The van der Waals surface area contributed by atoms with Crippen LogP contribution in [0.3, 0.4) is 0 Å². The molecule has 4 nitrogen and oxygen atoms in total. The fourth-order valence-corrected chi connectivity index (χ4v) is 5.92. The highest BCUT2D eigenvalue weighted by Gasteiger charge is 2.40. The van der Waals surface area contributed by atoms with Crippen LogP contribution in [0.2, 0.25) is 5.02 Å². The summed E-state index contributed by atoms with van der Waals surface area (Å²) in [6.45, 7) is 2.03. The molecule has 1 amide bonds. The van der Waals surface area contributed by atoms with Gasteiger partial charge in [0.15, 0.2) is 5.17 Å². The number of halogens is 1. The minimum absolute atomic E-state index is 0.0724. The van der Waals surface area contributed by atoms with E-state index in [1.165, 1.54) is 11.8 Å². The van der Waals surface area contributed by atoms with E-state index in [9.17, 15) is 4.79 Å². The molecule has 0 unspecified atom stereocenters. The van der Waals surface area contributed by atoms with Crippen LogP contribution in [-0.4, -0.2) is 18.1 Å². The molecule has 0 spiro atoms. The lowest BCUT2D eigenvalue weighted by Gasteiger charge is -2.17. The average Bonchev–Trinajstić information content (AvgIpc) is 3.26. The molecule has 3 aromatic carbocycles. The molecule has 154 valence electrons. The number of rotatable bonds is 2. The third-order valence-electron chi connectivity index (χ3n) is 5.04. The highest BCUT2D eigenvalue weighted by molar-refractivity contribution is 8.20. The summed E-state index contributed by atoms with van der Waals surface area (Å²) in [5, 5.41) is 2.21. The van der Waals surface area contributed by atoms with Crippen molar-refractivity contribution in [2.45, 2.75) is 11.8 Å². The summed E-state index contributed by atoms with van der Waals surface area (Å²) in [5.74, 6) is -0.0724. The Kier molecular flexibility index (Phi) is 5.30. The first-order valence-electron chi connectivity index (χ1n) is 9.69. The van der Waals surface area contributed by atoms with E-state index in [2.05, 4.69) is 0 Å². The number of aliphatic imine (C=N–C) groups is 1. The normalized spacial score (nSPS) is 19.5. The Morgan fingerprint density at radius 3 is 2.42 bits per heavy atom. The van der Waals surface area contributed by atoms with Crippen LogP contribution in [0.1, 0.15) is 5.56 Å². The molecule has 5 rings (SSSR count). The summed E-state index contributed by atoms with van der Waals surface area (Å²) < 4.78 is 0. The average molecular weight is 464 g/mol. The van der Waals surface area contributed by atoms with Crippen LogP contribution in [0.5, 0.6) is 0 Å². The zero-order valence-corrected chi connectivity index (χ0v) is 19.3. The second-order valence-electron chi connectivity index (χ2n) is 7.22. The van der Waals surface area contributed by atoms with E-state index in [1.54, 1.807) is 16.7 Å². The summed E-state index contributed by atoms with van der Waals surface area (Å²) >= 11 is 9.20. The van der Waals surface area contributed by atoms with Crippen molar-refractivity contribution < 1.29 is 4.79 Å². The van der Waals surface area contributed by atoms with Crippen molar-refractivity contribution in [3.63, 3.8) is 0 Å². The molecular weight excluding hydrogens is 446 g/mol. The Hall–Kier alpha value is -2.67. The van der Waals surface area contributed by atoms with E-state index in [1.807, 2.05) is 91.7 Å². The smallest absolute Gasteiger partial charge is 0.274 e. The first kappa shape index (κ1) is 20.2. The maximum atomic E-state index is 13.6. The second-order valence-corrected chi connectivity index (χ2v) is 9.66. The minimum atomic E-state index is -0.0724. The maximum Gasteiger partial charge on any atom is 0.274 e. The fraction of sp³-hybridized carbons (Fsp3) is 0.0833. The van der Waals surface area contributed by atoms with Crippen LogP contribution in [0.15, 0.2) is 92.6 Å². The molecule has 2 aliphatic heterocycles. The highest BCUT2D eigenvalue weighted by Crippen LogP contribution is 2.51. The van der Waals surface area contributed by atoms with Gasteiger partial charge in [-0.2, -0.15) is 0 Å². The summed E-state index contributed by atoms with van der Waals surface area (Å²) in [7, 11) is 1.97. The largest absolute Gasteiger partial charge is 0.337 e. The van der Waals surface area contributed by atoms with Crippen molar-refractivity contribution >= 4 is 63.3 Å². The van der Waals surface area contributed by atoms with Gasteiger partial charge in [0.1, 0.15) is 4.91 Å². The molecule has 7 heteroatoms. The number of carbonyl (C=O) groups excluding carboxylic acids is 1. The van der Waals surface area contributed by atoms with Gasteiger partial charge >= 0.3 is 0 Å². The number of carbonyl (C=O) groups is 1. The monoisotopic (exact) mass is 463 g/mol. The van der Waals surface area contributed by atoms with Crippen LogP contribution in [-0.2, 0) is 4.79 Å². The Balaban J connectivity index is 1.61. The molecule has 1 fully saturated rings. The third-order valence-corrected chi connectivity index (χ3v) is 7.67. The predicted octanol–water partition coefficient (Wildman–Crippen LogP) is 6.83. The molecule has 0 bridgehead atoms. The molecule has 0 saturated carbocycles. The Morgan fingerprint density at radius 2 is 1.68 bits per heavy atom. The molecule has 3 aromatic rings. The molecule has 2 heterocycles. The van der Waals surface area contributed by atoms with E-state index in [4.69, 9.17) is 16.6 Å². The van der Waals surface area contributed by atoms with Crippen LogP contribution in [0.25, 0.3) is 0 Å². The number of benzene rings is 3. The second kappa shape index (κ2) is 8.11. The number of hydrogen-bond acceptors (Lipinski definition) is 5. The van der Waals surface area contributed by atoms with Gasteiger partial charge in [-0.1, -0.05) is 59.3 Å². The molecule has 0 aromatic heterocycles.